The molecule has 7 heteroatoms. The highest BCUT2D eigenvalue weighted by molar-refractivity contribution is 7.91. The third-order valence-corrected chi connectivity index (χ3v) is 4.76. The van der Waals surface area contributed by atoms with Crippen molar-refractivity contribution in [3.63, 3.8) is 0 Å². The fraction of sp³-hybridized carbons (Fsp3) is 0.500. The Morgan fingerprint density at radius 1 is 1.38 bits per heavy atom. The number of rotatable bonds is 8. The fourth-order valence-electron chi connectivity index (χ4n) is 1.80. The van der Waals surface area contributed by atoms with Crippen LogP contribution in [0.4, 0.5) is 0 Å². The summed E-state index contributed by atoms with van der Waals surface area (Å²) < 4.78 is 28.7. The molecular formula is C14H21NO5S. The van der Waals surface area contributed by atoms with Crippen LogP contribution in [0.25, 0.3) is 0 Å². The summed E-state index contributed by atoms with van der Waals surface area (Å²) >= 11 is 0. The normalized spacial score (nSPS) is 12.9. The summed E-state index contributed by atoms with van der Waals surface area (Å²) in [7, 11) is -1.97. The maximum Gasteiger partial charge on any atom is 0.252 e. The molecule has 1 atom stereocenters. The second kappa shape index (κ2) is 8.11. The number of carbonyl (C=O) groups excluding carboxylic acids is 1. The Kier molecular flexibility index (Phi) is 6.80. The van der Waals surface area contributed by atoms with Crippen LogP contribution >= 0.6 is 0 Å². The van der Waals surface area contributed by atoms with E-state index in [2.05, 4.69) is 5.32 Å². The van der Waals surface area contributed by atoms with E-state index < -0.39 is 21.8 Å². The molecule has 1 rings (SSSR count). The van der Waals surface area contributed by atoms with Crippen LogP contribution in [-0.2, 0) is 14.6 Å². The number of hydrogen-bond acceptors (Lipinski definition) is 5. The van der Waals surface area contributed by atoms with Crippen molar-refractivity contribution in [2.24, 2.45) is 0 Å². The van der Waals surface area contributed by atoms with Gasteiger partial charge in [-0.25, -0.2) is 8.42 Å². The lowest BCUT2D eigenvalue weighted by atomic mass is 10.2. The maximum atomic E-state index is 12.1. The van der Waals surface area contributed by atoms with Crippen LogP contribution in [0.1, 0.15) is 23.7 Å². The topological polar surface area (TPSA) is 92.7 Å². The van der Waals surface area contributed by atoms with E-state index in [1.165, 1.54) is 26.2 Å². The molecule has 0 bridgehead atoms. The lowest BCUT2D eigenvalue weighted by molar-refractivity contribution is 0.0587. The molecule has 0 aliphatic carbocycles. The number of carbonyl (C=O) groups is 1. The number of amides is 1. The summed E-state index contributed by atoms with van der Waals surface area (Å²) in [6.07, 6.45) is -0.327. The number of ether oxygens (including phenoxy) is 1. The van der Waals surface area contributed by atoms with Gasteiger partial charge in [-0.3, -0.25) is 4.79 Å². The molecule has 21 heavy (non-hydrogen) atoms. The third kappa shape index (κ3) is 5.11. The van der Waals surface area contributed by atoms with E-state index in [9.17, 15) is 18.3 Å². The summed E-state index contributed by atoms with van der Waals surface area (Å²) in [6.45, 7) is 1.96. The second-order valence-electron chi connectivity index (χ2n) is 4.55. The van der Waals surface area contributed by atoms with E-state index in [0.29, 0.717) is 6.42 Å². The Morgan fingerprint density at radius 3 is 2.67 bits per heavy atom. The first-order valence-electron chi connectivity index (χ1n) is 6.69. The average Bonchev–Trinajstić information content (AvgIpc) is 2.47. The first-order chi connectivity index (χ1) is 9.92. The van der Waals surface area contributed by atoms with Crippen molar-refractivity contribution in [2.75, 3.05) is 26.0 Å². The van der Waals surface area contributed by atoms with Crippen molar-refractivity contribution < 1.29 is 23.1 Å². The predicted octanol–water partition coefficient (Wildman–Crippen LogP) is 0.607. The van der Waals surface area contributed by atoms with Crippen LogP contribution in [0.2, 0.25) is 0 Å². The van der Waals surface area contributed by atoms with Gasteiger partial charge < -0.3 is 15.2 Å². The lowest BCUT2D eigenvalue weighted by Gasteiger charge is -2.12. The minimum Gasteiger partial charge on any atom is -0.391 e. The Labute approximate surface area is 125 Å². The molecule has 1 amide bonds. The minimum absolute atomic E-state index is 0.0300. The van der Waals surface area contributed by atoms with Gasteiger partial charge >= 0.3 is 0 Å². The van der Waals surface area contributed by atoms with E-state index >= 15 is 0 Å². The van der Waals surface area contributed by atoms with Gasteiger partial charge in [0.1, 0.15) is 0 Å². The molecule has 0 aromatic heterocycles. The molecule has 0 aliphatic heterocycles. The van der Waals surface area contributed by atoms with Crippen LogP contribution in [0, 0.1) is 0 Å². The standard InChI is InChI=1S/C14H21NO5S/c1-3-21(18,19)13-7-5-4-6-12(13)14(17)15-9-8-11(16)10-20-2/h4-7,11,16H,3,8-10H2,1-2H3,(H,15,17). The van der Waals surface area contributed by atoms with E-state index in [1.807, 2.05) is 0 Å². The number of methoxy groups -OCH3 is 1. The van der Waals surface area contributed by atoms with Crippen LogP contribution in [-0.4, -0.2) is 51.5 Å². The van der Waals surface area contributed by atoms with Crippen molar-refractivity contribution in [2.45, 2.75) is 24.3 Å². The zero-order chi connectivity index (χ0) is 15.9. The van der Waals surface area contributed by atoms with Gasteiger partial charge in [0.25, 0.3) is 5.91 Å². The molecule has 118 valence electrons. The molecule has 0 heterocycles. The Hall–Kier alpha value is -1.44. The summed E-state index contributed by atoms with van der Waals surface area (Å²) in [6, 6.07) is 6.10. The zero-order valence-corrected chi connectivity index (χ0v) is 13.0. The fourth-order valence-corrected chi connectivity index (χ4v) is 2.90. The first kappa shape index (κ1) is 17.6. The quantitative estimate of drug-likeness (QED) is 0.733. The average molecular weight is 315 g/mol. The number of sulfone groups is 1. The SMILES string of the molecule is CCS(=O)(=O)c1ccccc1C(=O)NCCC(O)COC. The van der Waals surface area contributed by atoms with Gasteiger partial charge in [0.2, 0.25) is 0 Å². The van der Waals surface area contributed by atoms with Crippen LogP contribution in [0.3, 0.4) is 0 Å². The van der Waals surface area contributed by atoms with Gasteiger partial charge in [-0.2, -0.15) is 0 Å². The van der Waals surface area contributed by atoms with E-state index in [1.54, 1.807) is 12.1 Å². The number of aliphatic hydroxyl groups excluding tert-OH is 1. The smallest absolute Gasteiger partial charge is 0.252 e. The lowest BCUT2D eigenvalue weighted by Crippen LogP contribution is -2.29. The Bertz CT molecular complexity index is 570. The van der Waals surface area contributed by atoms with Crippen LogP contribution < -0.4 is 5.32 Å². The van der Waals surface area contributed by atoms with Crippen molar-refractivity contribution >= 4 is 15.7 Å². The van der Waals surface area contributed by atoms with Gasteiger partial charge in [-0.05, 0) is 18.6 Å². The van der Waals surface area contributed by atoms with Gasteiger partial charge in [0.05, 0.1) is 28.9 Å². The molecule has 0 fully saturated rings. The number of nitrogens with one attached hydrogen (secondary N) is 1. The Balaban J connectivity index is 2.76. The monoisotopic (exact) mass is 315 g/mol. The number of aliphatic hydroxyl groups is 1. The molecular weight excluding hydrogens is 294 g/mol. The highest BCUT2D eigenvalue weighted by Gasteiger charge is 2.20. The zero-order valence-electron chi connectivity index (χ0n) is 12.2. The van der Waals surface area contributed by atoms with Gasteiger partial charge in [-0.1, -0.05) is 19.1 Å². The van der Waals surface area contributed by atoms with Gasteiger partial charge in [0.15, 0.2) is 9.84 Å². The van der Waals surface area contributed by atoms with Crippen molar-refractivity contribution in [1.82, 2.24) is 5.32 Å². The molecule has 2 N–H and O–H groups in total. The highest BCUT2D eigenvalue weighted by Crippen LogP contribution is 2.16. The molecule has 0 saturated heterocycles. The molecule has 0 aliphatic rings. The molecule has 6 nitrogen and oxygen atoms in total. The second-order valence-corrected chi connectivity index (χ2v) is 6.80. The molecule has 1 aromatic carbocycles. The summed E-state index contributed by atoms with van der Waals surface area (Å²) in [5, 5.41) is 12.1. The van der Waals surface area contributed by atoms with Crippen molar-refractivity contribution in [3.05, 3.63) is 29.8 Å². The first-order valence-corrected chi connectivity index (χ1v) is 8.34. The van der Waals surface area contributed by atoms with Crippen LogP contribution in [0.5, 0.6) is 0 Å². The summed E-state index contributed by atoms with van der Waals surface area (Å²) in [5.41, 5.74) is 0.126. The van der Waals surface area contributed by atoms with Crippen LogP contribution in [0.15, 0.2) is 29.2 Å². The molecule has 1 aromatic rings. The van der Waals surface area contributed by atoms with E-state index in [-0.39, 0.29) is 29.4 Å². The minimum atomic E-state index is -3.45. The van der Waals surface area contributed by atoms with Crippen molar-refractivity contribution in [1.29, 1.82) is 0 Å². The molecule has 0 radical (unpaired) electrons. The predicted molar refractivity (Wildman–Crippen MR) is 79.0 cm³/mol. The van der Waals surface area contributed by atoms with E-state index in [4.69, 9.17) is 4.74 Å². The molecule has 0 spiro atoms. The maximum absolute atomic E-state index is 12.1. The summed E-state index contributed by atoms with van der Waals surface area (Å²) in [4.78, 5) is 12.1. The number of benzene rings is 1. The van der Waals surface area contributed by atoms with Crippen molar-refractivity contribution in [3.8, 4) is 0 Å². The summed E-state index contributed by atoms with van der Waals surface area (Å²) in [5.74, 6) is -0.531. The van der Waals surface area contributed by atoms with Gasteiger partial charge in [-0.15, -0.1) is 0 Å². The molecule has 0 saturated carbocycles. The van der Waals surface area contributed by atoms with Gasteiger partial charge in [0, 0.05) is 13.7 Å². The highest BCUT2D eigenvalue weighted by atomic mass is 32.2. The largest absolute Gasteiger partial charge is 0.391 e. The Morgan fingerprint density at radius 2 is 2.05 bits per heavy atom. The number of hydrogen-bond donors (Lipinski definition) is 2. The third-order valence-electron chi connectivity index (χ3n) is 2.97. The molecule has 1 unspecified atom stereocenters. The van der Waals surface area contributed by atoms with E-state index in [0.717, 1.165) is 0 Å².